The standard InChI is InChI=1S/C18H22Cl2O6/c1-10(23-13(21)8-19)14-15(16-17(24-14)26-18(2,3)25-16)22-9-11-5-4-6-12(20)7-11/h4-7,10,14-17H,8-9H2,1-3H3/t10-,14-,15+,16-,17-/m1/s1. The summed E-state index contributed by atoms with van der Waals surface area (Å²) in [5, 5.41) is 0.634. The van der Waals surface area contributed by atoms with E-state index in [2.05, 4.69) is 0 Å². The second-order valence-corrected chi connectivity index (χ2v) is 7.51. The maximum Gasteiger partial charge on any atom is 0.321 e. The molecule has 2 aliphatic heterocycles. The fourth-order valence-electron chi connectivity index (χ4n) is 3.20. The molecule has 8 heteroatoms. The van der Waals surface area contributed by atoms with Crippen LogP contribution in [0.1, 0.15) is 26.3 Å². The van der Waals surface area contributed by atoms with Crippen molar-refractivity contribution in [2.24, 2.45) is 0 Å². The van der Waals surface area contributed by atoms with Crippen LogP contribution in [0.3, 0.4) is 0 Å². The Hall–Kier alpha value is -0.890. The predicted molar refractivity (Wildman–Crippen MR) is 95.0 cm³/mol. The number of fused-ring (bicyclic) bond motifs is 1. The van der Waals surface area contributed by atoms with E-state index in [0.717, 1.165) is 5.56 Å². The van der Waals surface area contributed by atoms with Crippen molar-refractivity contribution in [1.29, 1.82) is 0 Å². The van der Waals surface area contributed by atoms with Crippen LogP contribution in [0.5, 0.6) is 0 Å². The van der Waals surface area contributed by atoms with Gasteiger partial charge < -0.3 is 23.7 Å². The van der Waals surface area contributed by atoms with Crippen molar-refractivity contribution in [3.05, 3.63) is 34.9 Å². The molecule has 0 amide bonds. The van der Waals surface area contributed by atoms with Gasteiger partial charge in [-0.3, -0.25) is 4.79 Å². The van der Waals surface area contributed by atoms with Crippen molar-refractivity contribution in [3.8, 4) is 0 Å². The highest BCUT2D eigenvalue weighted by Crippen LogP contribution is 2.40. The SMILES string of the molecule is C[C@@H](OC(=O)CCl)[C@H]1O[C@@H]2OC(C)(C)O[C@@H]2[C@H]1OCc1cccc(Cl)c1. The van der Waals surface area contributed by atoms with Gasteiger partial charge in [0.25, 0.3) is 0 Å². The highest BCUT2D eigenvalue weighted by atomic mass is 35.5. The number of esters is 1. The van der Waals surface area contributed by atoms with E-state index in [1.807, 2.05) is 32.0 Å². The van der Waals surface area contributed by atoms with Gasteiger partial charge in [-0.1, -0.05) is 23.7 Å². The van der Waals surface area contributed by atoms with Crippen LogP contribution in [0.2, 0.25) is 5.02 Å². The minimum atomic E-state index is -0.770. The molecular formula is C18H22Cl2O6. The fraction of sp³-hybridized carbons (Fsp3) is 0.611. The van der Waals surface area contributed by atoms with Crippen LogP contribution < -0.4 is 0 Å². The third-order valence-corrected chi connectivity index (χ3v) is 4.70. The van der Waals surface area contributed by atoms with Crippen LogP contribution in [0.4, 0.5) is 0 Å². The summed E-state index contributed by atoms with van der Waals surface area (Å²) in [4.78, 5) is 11.5. The topological polar surface area (TPSA) is 63.2 Å². The monoisotopic (exact) mass is 404 g/mol. The van der Waals surface area contributed by atoms with E-state index in [4.69, 9.17) is 46.9 Å². The Balaban J connectivity index is 1.72. The first-order chi connectivity index (χ1) is 12.3. The number of hydrogen-bond donors (Lipinski definition) is 0. The quantitative estimate of drug-likeness (QED) is 0.535. The molecule has 1 aromatic carbocycles. The molecule has 2 aliphatic rings. The maximum atomic E-state index is 11.5. The van der Waals surface area contributed by atoms with E-state index in [9.17, 15) is 4.79 Å². The molecule has 1 aromatic rings. The van der Waals surface area contributed by atoms with E-state index >= 15 is 0 Å². The molecule has 26 heavy (non-hydrogen) atoms. The molecule has 2 fully saturated rings. The molecule has 3 rings (SSSR count). The van der Waals surface area contributed by atoms with Crippen molar-refractivity contribution < 1.29 is 28.5 Å². The third-order valence-electron chi connectivity index (χ3n) is 4.25. The number of alkyl halides is 1. The molecular weight excluding hydrogens is 383 g/mol. The van der Waals surface area contributed by atoms with Crippen LogP contribution in [0.15, 0.2) is 24.3 Å². The summed E-state index contributed by atoms with van der Waals surface area (Å²) >= 11 is 11.5. The summed E-state index contributed by atoms with van der Waals surface area (Å²) in [6.07, 6.45) is -2.58. The van der Waals surface area contributed by atoms with Gasteiger partial charge >= 0.3 is 5.97 Å². The molecule has 2 heterocycles. The van der Waals surface area contributed by atoms with Crippen LogP contribution >= 0.6 is 23.2 Å². The lowest BCUT2D eigenvalue weighted by Crippen LogP contribution is -2.43. The molecule has 0 unspecified atom stereocenters. The van der Waals surface area contributed by atoms with E-state index in [-0.39, 0.29) is 5.88 Å². The van der Waals surface area contributed by atoms with Gasteiger partial charge in [0.1, 0.15) is 30.3 Å². The first-order valence-corrected chi connectivity index (χ1v) is 9.33. The lowest BCUT2D eigenvalue weighted by atomic mass is 10.1. The van der Waals surface area contributed by atoms with Gasteiger partial charge in [-0.15, -0.1) is 11.6 Å². The molecule has 0 spiro atoms. The van der Waals surface area contributed by atoms with Crippen LogP contribution in [-0.4, -0.2) is 48.3 Å². The van der Waals surface area contributed by atoms with Crippen molar-refractivity contribution in [2.45, 2.75) is 63.9 Å². The minimum Gasteiger partial charge on any atom is -0.459 e. The third kappa shape index (κ3) is 4.50. The molecule has 0 saturated carbocycles. The zero-order valence-corrected chi connectivity index (χ0v) is 16.3. The Morgan fingerprint density at radius 2 is 2.12 bits per heavy atom. The Bertz CT molecular complexity index is 652. The van der Waals surface area contributed by atoms with Gasteiger partial charge in [0, 0.05) is 5.02 Å². The van der Waals surface area contributed by atoms with E-state index in [1.165, 1.54) is 0 Å². The van der Waals surface area contributed by atoms with Gasteiger partial charge in [-0.2, -0.15) is 0 Å². The second kappa shape index (κ2) is 8.00. The summed E-state index contributed by atoms with van der Waals surface area (Å²) < 4.78 is 29.0. The molecule has 0 aliphatic carbocycles. The predicted octanol–water partition coefficient (Wildman–Crippen LogP) is 3.27. The molecule has 0 aromatic heterocycles. The number of rotatable bonds is 6. The van der Waals surface area contributed by atoms with Crippen LogP contribution in [0.25, 0.3) is 0 Å². The van der Waals surface area contributed by atoms with E-state index in [0.29, 0.717) is 11.6 Å². The lowest BCUT2D eigenvalue weighted by molar-refractivity contribution is -0.231. The highest BCUT2D eigenvalue weighted by Gasteiger charge is 2.57. The first kappa shape index (κ1) is 19.9. The van der Waals surface area contributed by atoms with Crippen molar-refractivity contribution in [2.75, 3.05) is 5.88 Å². The largest absolute Gasteiger partial charge is 0.459 e. The van der Waals surface area contributed by atoms with Crippen LogP contribution in [0, 0.1) is 0 Å². The van der Waals surface area contributed by atoms with Gasteiger partial charge in [0.2, 0.25) is 0 Å². The minimum absolute atomic E-state index is 0.224. The van der Waals surface area contributed by atoms with Gasteiger partial charge in [0.15, 0.2) is 12.1 Å². The highest BCUT2D eigenvalue weighted by molar-refractivity contribution is 6.30. The Labute approximate surface area is 162 Å². The zero-order valence-electron chi connectivity index (χ0n) is 14.8. The van der Waals surface area contributed by atoms with Gasteiger partial charge in [-0.25, -0.2) is 0 Å². The van der Waals surface area contributed by atoms with E-state index in [1.54, 1.807) is 13.0 Å². The first-order valence-electron chi connectivity index (χ1n) is 8.41. The summed E-state index contributed by atoms with van der Waals surface area (Å²) in [5.74, 6) is -1.51. The zero-order chi connectivity index (χ0) is 18.9. The molecule has 0 bridgehead atoms. The Morgan fingerprint density at radius 3 is 2.81 bits per heavy atom. The number of halogens is 2. The fourth-order valence-corrected chi connectivity index (χ4v) is 3.47. The molecule has 2 saturated heterocycles. The Morgan fingerprint density at radius 1 is 1.35 bits per heavy atom. The number of hydrogen-bond acceptors (Lipinski definition) is 6. The molecule has 5 atom stereocenters. The number of ether oxygens (including phenoxy) is 5. The van der Waals surface area contributed by atoms with Crippen molar-refractivity contribution in [3.63, 3.8) is 0 Å². The summed E-state index contributed by atoms with van der Waals surface area (Å²) in [7, 11) is 0. The summed E-state index contributed by atoms with van der Waals surface area (Å²) in [6.45, 7) is 5.68. The molecule has 0 radical (unpaired) electrons. The van der Waals surface area contributed by atoms with Crippen LogP contribution in [-0.2, 0) is 35.1 Å². The van der Waals surface area contributed by atoms with Crippen molar-refractivity contribution in [1.82, 2.24) is 0 Å². The normalized spacial score (nSPS) is 30.8. The number of benzene rings is 1. The smallest absolute Gasteiger partial charge is 0.321 e. The second-order valence-electron chi connectivity index (χ2n) is 6.80. The van der Waals surface area contributed by atoms with Gasteiger partial charge in [-0.05, 0) is 38.5 Å². The van der Waals surface area contributed by atoms with Gasteiger partial charge in [0.05, 0.1) is 6.61 Å². The van der Waals surface area contributed by atoms with Crippen molar-refractivity contribution >= 4 is 29.2 Å². The molecule has 0 N–H and O–H groups in total. The van der Waals surface area contributed by atoms with E-state index < -0.39 is 42.5 Å². The number of carbonyl (C=O) groups is 1. The maximum absolute atomic E-state index is 11.5. The molecule has 6 nitrogen and oxygen atoms in total. The average molecular weight is 405 g/mol. The average Bonchev–Trinajstić information content (AvgIpc) is 3.04. The summed E-state index contributed by atoms with van der Waals surface area (Å²) in [5.41, 5.74) is 0.920. The Kier molecular flexibility index (Phi) is 6.11. The summed E-state index contributed by atoms with van der Waals surface area (Å²) in [6, 6.07) is 7.40. The lowest BCUT2D eigenvalue weighted by Gasteiger charge is -2.29. The molecule has 144 valence electrons. The number of carbonyl (C=O) groups excluding carboxylic acids is 1.